The quantitative estimate of drug-likeness (QED) is 0.750. The zero-order valence-electron chi connectivity index (χ0n) is 11.8. The molecule has 102 valence electrons. The second kappa shape index (κ2) is 7.46. The molecule has 1 atom stereocenters. The monoisotopic (exact) mass is 320 g/mol. The van der Waals surface area contributed by atoms with Crippen molar-refractivity contribution in [2.24, 2.45) is 0 Å². The fourth-order valence-corrected chi connectivity index (χ4v) is 2.68. The number of benzene rings is 1. The zero-order valence-corrected chi connectivity index (χ0v) is 13.4. The first-order valence-corrected chi connectivity index (χ1v) is 7.25. The van der Waals surface area contributed by atoms with E-state index in [1.54, 1.807) is 0 Å². The van der Waals surface area contributed by atoms with Crippen molar-refractivity contribution in [2.45, 2.75) is 33.3 Å². The molecule has 0 aliphatic heterocycles. The Morgan fingerprint density at radius 3 is 2.37 bits per heavy atom. The summed E-state index contributed by atoms with van der Waals surface area (Å²) in [6.07, 6.45) is 4.22. The minimum atomic E-state index is -0.624. The van der Waals surface area contributed by atoms with Crippen LogP contribution in [0.4, 0.5) is 0 Å². The third kappa shape index (κ3) is 4.48. The Hall–Kier alpha value is -1.12. The van der Waals surface area contributed by atoms with Gasteiger partial charge in [0.25, 0.3) is 0 Å². The lowest BCUT2D eigenvalue weighted by atomic mass is 9.99. The lowest BCUT2D eigenvalue weighted by Gasteiger charge is -2.15. The lowest BCUT2D eigenvalue weighted by molar-refractivity contribution is 0.219. The van der Waals surface area contributed by atoms with Crippen LogP contribution in [-0.2, 0) is 6.42 Å². The van der Waals surface area contributed by atoms with Crippen molar-refractivity contribution >= 4 is 15.9 Å². The standard InChI is InChI=1S/C17H21BrO/c1-5-13-7-9-14(10-8-13)17(19)15(6-2)16(18)11-12(3)4/h6-11,17,19H,3,5H2,1-2,4H3/b15-6+,16-11+. The van der Waals surface area contributed by atoms with Crippen molar-refractivity contribution in [3.63, 3.8) is 0 Å². The van der Waals surface area contributed by atoms with Gasteiger partial charge in [0.15, 0.2) is 0 Å². The summed E-state index contributed by atoms with van der Waals surface area (Å²) in [6.45, 7) is 9.82. The second-order valence-corrected chi connectivity index (χ2v) is 5.43. The molecule has 0 aromatic heterocycles. The van der Waals surface area contributed by atoms with Gasteiger partial charge in [-0.15, -0.1) is 0 Å². The predicted octanol–water partition coefficient (Wildman–Crippen LogP) is 5.08. The predicted molar refractivity (Wildman–Crippen MR) is 86.4 cm³/mol. The van der Waals surface area contributed by atoms with Crippen molar-refractivity contribution < 1.29 is 5.11 Å². The Bertz CT molecular complexity index is 494. The van der Waals surface area contributed by atoms with Crippen LogP contribution in [0, 0.1) is 0 Å². The zero-order chi connectivity index (χ0) is 14.4. The molecule has 0 spiro atoms. The first-order chi connectivity index (χ1) is 8.99. The van der Waals surface area contributed by atoms with Gasteiger partial charge in [0, 0.05) is 4.48 Å². The largest absolute Gasteiger partial charge is 0.384 e. The van der Waals surface area contributed by atoms with E-state index in [1.807, 2.05) is 38.1 Å². The van der Waals surface area contributed by atoms with Crippen molar-refractivity contribution in [1.29, 1.82) is 0 Å². The summed E-state index contributed by atoms with van der Waals surface area (Å²) in [5.41, 5.74) is 3.97. The molecule has 0 aliphatic rings. The normalized spacial score (nSPS) is 14.4. The van der Waals surface area contributed by atoms with Crippen LogP contribution >= 0.6 is 15.9 Å². The van der Waals surface area contributed by atoms with Gasteiger partial charge < -0.3 is 5.11 Å². The van der Waals surface area contributed by atoms with Crippen LogP contribution in [0.2, 0.25) is 0 Å². The van der Waals surface area contributed by atoms with E-state index >= 15 is 0 Å². The molecule has 0 aliphatic carbocycles. The van der Waals surface area contributed by atoms with Gasteiger partial charge >= 0.3 is 0 Å². The Labute approximate surface area is 124 Å². The minimum Gasteiger partial charge on any atom is -0.384 e. The highest BCUT2D eigenvalue weighted by Crippen LogP contribution is 2.31. The second-order valence-electron chi connectivity index (χ2n) is 4.58. The van der Waals surface area contributed by atoms with Crippen LogP contribution in [0.3, 0.4) is 0 Å². The molecule has 0 saturated carbocycles. The van der Waals surface area contributed by atoms with Gasteiger partial charge in [0.2, 0.25) is 0 Å². The Balaban J connectivity index is 3.02. The van der Waals surface area contributed by atoms with Gasteiger partial charge in [0.05, 0.1) is 0 Å². The Morgan fingerprint density at radius 2 is 1.95 bits per heavy atom. The number of hydrogen-bond donors (Lipinski definition) is 1. The van der Waals surface area contributed by atoms with Gasteiger partial charge in [-0.2, -0.15) is 0 Å². The molecule has 1 nitrogen and oxygen atoms in total. The van der Waals surface area contributed by atoms with Gasteiger partial charge in [-0.1, -0.05) is 65.3 Å². The van der Waals surface area contributed by atoms with Gasteiger partial charge in [0.1, 0.15) is 6.10 Å². The smallest absolute Gasteiger partial charge is 0.105 e. The van der Waals surface area contributed by atoms with Gasteiger partial charge in [-0.25, -0.2) is 0 Å². The maximum Gasteiger partial charge on any atom is 0.105 e. The molecular formula is C17H21BrO. The number of allylic oxidation sites excluding steroid dienone is 3. The van der Waals surface area contributed by atoms with Gasteiger partial charge in [-0.3, -0.25) is 0 Å². The highest BCUT2D eigenvalue weighted by Gasteiger charge is 2.15. The molecule has 1 aromatic carbocycles. The molecule has 0 fully saturated rings. The van der Waals surface area contributed by atoms with Crippen molar-refractivity contribution in [3.05, 3.63) is 69.8 Å². The first-order valence-electron chi connectivity index (χ1n) is 6.45. The number of aryl methyl sites for hydroxylation is 1. The summed E-state index contributed by atoms with van der Waals surface area (Å²) in [5, 5.41) is 10.5. The molecule has 1 N–H and O–H groups in total. The van der Waals surface area contributed by atoms with Crippen LogP contribution in [0.5, 0.6) is 0 Å². The topological polar surface area (TPSA) is 20.2 Å². The third-order valence-electron chi connectivity index (χ3n) is 2.96. The molecule has 2 heteroatoms. The van der Waals surface area contributed by atoms with Crippen molar-refractivity contribution in [2.75, 3.05) is 0 Å². The number of halogens is 1. The molecule has 19 heavy (non-hydrogen) atoms. The van der Waals surface area contributed by atoms with E-state index < -0.39 is 6.10 Å². The van der Waals surface area contributed by atoms with E-state index in [9.17, 15) is 5.11 Å². The average molecular weight is 321 g/mol. The Morgan fingerprint density at radius 1 is 1.37 bits per heavy atom. The summed E-state index contributed by atoms with van der Waals surface area (Å²) < 4.78 is 0.870. The van der Waals surface area contributed by atoms with Crippen LogP contribution in [0.1, 0.15) is 38.0 Å². The molecule has 0 amide bonds. The van der Waals surface area contributed by atoms with E-state index in [1.165, 1.54) is 5.56 Å². The molecule has 0 radical (unpaired) electrons. The van der Waals surface area contributed by atoms with Crippen molar-refractivity contribution in [3.8, 4) is 0 Å². The minimum absolute atomic E-state index is 0.624. The van der Waals surface area contributed by atoms with Crippen LogP contribution in [-0.4, -0.2) is 5.11 Å². The maximum absolute atomic E-state index is 10.5. The molecule has 1 unspecified atom stereocenters. The number of aliphatic hydroxyl groups is 1. The summed E-state index contributed by atoms with van der Waals surface area (Å²) in [7, 11) is 0. The van der Waals surface area contributed by atoms with Crippen molar-refractivity contribution in [1.82, 2.24) is 0 Å². The fraction of sp³-hybridized carbons (Fsp3) is 0.294. The molecule has 1 aromatic rings. The summed E-state index contributed by atoms with van der Waals surface area (Å²) >= 11 is 3.50. The molecule has 0 heterocycles. The van der Waals surface area contributed by atoms with Crippen LogP contribution in [0.15, 0.2) is 58.6 Å². The summed E-state index contributed by atoms with van der Waals surface area (Å²) in [5.74, 6) is 0. The van der Waals surface area contributed by atoms with Gasteiger partial charge in [-0.05, 0) is 43.0 Å². The molecular weight excluding hydrogens is 300 g/mol. The third-order valence-corrected chi connectivity index (χ3v) is 3.64. The van der Waals surface area contributed by atoms with Crippen LogP contribution in [0.25, 0.3) is 0 Å². The highest BCUT2D eigenvalue weighted by atomic mass is 79.9. The number of hydrogen-bond acceptors (Lipinski definition) is 1. The van der Waals surface area contributed by atoms with E-state index in [0.717, 1.165) is 27.6 Å². The maximum atomic E-state index is 10.5. The number of rotatable bonds is 5. The van der Waals surface area contributed by atoms with E-state index in [0.29, 0.717) is 0 Å². The molecule has 0 saturated heterocycles. The molecule has 1 rings (SSSR count). The number of aliphatic hydroxyl groups excluding tert-OH is 1. The highest BCUT2D eigenvalue weighted by molar-refractivity contribution is 9.12. The first kappa shape index (κ1) is 15.9. The SMILES string of the molecule is C=C(C)/C=C(Br)\C(=C/C)C(O)c1ccc(CC)cc1. The average Bonchev–Trinajstić information content (AvgIpc) is 2.38. The Kier molecular flexibility index (Phi) is 6.26. The molecule has 0 bridgehead atoms. The fourth-order valence-electron chi connectivity index (χ4n) is 1.84. The lowest BCUT2D eigenvalue weighted by Crippen LogP contribution is -2.02. The van der Waals surface area contributed by atoms with E-state index in [2.05, 4.69) is 41.6 Å². The van der Waals surface area contributed by atoms with E-state index in [-0.39, 0.29) is 0 Å². The summed E-state index contributed by atoms with van der Waals surface area (Å²) in [6, 6.07) is 8.08. The van der Waals surface area contributed by atoms with E-state index in [4.69, 9.17) is 0 Å². The van der Waals surface area contributed by atoms with Crippen LogP contribution < -0.4 is 0 Å². The summed E-state index contributed by atoms with van der Waals surface area (Å²) in [4.78, 5) is 0.